The van der Waals surface area contributed by atoms with Crippen molar-refractivity contribution in [1.82, 2.24) is 10.2 Å². The van der Waals surface area contributed by atoms with E-state index >= 15 is 0 Å². The van der Waals surface area contributed by atoms with Gasteiger partial charge in [-0.2, -0.15) is 0 Å². The number of aromatic nitrogens is 2. The van der Waals surface area contributed by atoms with Gasteiger partial charge < -0.3 is 16.8 Å². The van der Waals surface area contributed by atoms with Gasteiger partial charge in [-0.1, -0.05) is 6.42 Å². The maximum Gasteiger partial charge on any atom is 0.269 e. The molecule has 6 heteroatoms. The van der Waals surface area contributed by atoms with Crippen LogP contribution >= 0.6 is 0 Å². The zero-order valence-corrected chi connectivity index (χ0v) is 9.15. The van der Waals surface area contributed by atoms with Gasteiger partial charge in [-0.3, -0.25) is 4.79 Å². The van der Waals surface area contributed by atoms with E-state index in [-0.39, 0.29) is 5.69 Å². The van der Waals surface area contributed by atoms with Crippen molar-refractivity contribution in [2.45, 2.75) is 19.3 Å². The van der Waals surface area contributed by atoms with Crippen LogP contribution in [0.5, 0.6) is 0 Å². The zero-order valence-electron chi connectivity index (χ0n) is 9.15. The van der Waals surface area contributed by atoms with Crippen LogP contribution in [0.3, 0.4) is 0 Å². The Morgan fingerprint density at radius 2 is 2.06 bits per heavy atom. The molecule has 1 aromatic rings. The maximum absolute atomic E-state index is 10.7. The molecule has 0 aliphatic rings. The van der Waals surface area contributed by atoms with Crippen LogP contribution in [0.1, 0.15) is 29.8 Å². The molecular formula is C10H17N5O. The van der Waals surface area contributed by atoms with E-state index < -0.39 is 5.91 Å². The molecule has 16 heavy (non-hydrogen) atoms. The predicted octanol–water partition coefficient (Wildman–Crippen LogP) is 0.116. The number of carbonyl (C=O) groups is 1. The van der Waals surface area contributed by atoms with Crippen molar-refractivity contribution >= 4 is 11.7 Å². The number of nitrogens with one attached hydrogen (secondary N) is 1. The highest BCUT2D eigenvalue weighted by molar-refractivity contribution is 5.90. The number of primary amides is 1. The fourth-order valence-corrected chi connectivity index (χ4v) is 1.22. The Balaban J connectivity index is 2.29. The minimum absolute atomic E-state index is 0.175. The van der Waals surface area contributed by atoms with Crippen LogP contribution in [0.15, 0.2) is 12.1 Å². The molecule has 88 valence electrons. The molecule has 0 bridgehead atoms. The zero-order chi connectivity index (χ0) is 11.8. The van der Waals surface area contributed by atoms with Gasteiger partial charge in [0.05, 0.1) is 0 Å². The van der Waals surface area contributed by atoms with Gasteiger partial charge in [-0.25, -0.2) is 0 Å². The van der Waals surface area contributed by atoms with Crippen molar-refractivity contribution in [3.05, 3.63) is 17.8 Å². The number of hydrogen-bond donors (Lipinski definition) is 3. The van der Waals surface area contributed by atoms with Crippen molar-refractivity contribution in [3.8, 4) is 0 Å². The third kappa shape index (κ3) is 4.22. The quantitative estimate of drug-likeness (QED) is 0.569. The Morgan fingerprint density at radius 3 is 2.62 bits per heavy atom. The van der Waals surface area contributed by atoms with E-state index in [1.165, 1.54) is 0 Å². The van der Waals surface area contributed by atoms with E-state index in [1.54, 1.807) is 12.1 Å². The molecule has 0 saturated carbocycles. The number of nitrogens with zero attached hydrogens (tertiary/aromatic N) is 2. The van der Waals surface area contributed by atoms with Crippen molar-refractivity contribution in [3.63, 3.8) is 0 Å². The first-order valence-corrected chi connectivity index (χ1v) is 5.31. The maximum atomic E-state index is 10.7. The molecule has 0 aromatic carbocycles. The highest BCUT2D eigenvalue weighted by atomic mass is 16.1. The number of amides is 1. The minimum Gasteiger partial charge on any atom is -0.369 e. The lowest BCUT2D eigenvalue weighted by Gasteiger charge is -2.04. The standard InChI is InChI=1S/C10H17N5O/c11-6-2-1-3-7-13-9-5-4-8(10(12)16)14-15-9/h4-5H,1-3,6-7,11H2,(H2,12,16)(H,13,15). The molecule has 0 aliphatic heterocycles. The summed E-state index contributed by atoms with van der Waals surface area (Å²) in [5.74, 6) is 0.0831. The van der Waals surface area contributed by atoms with Crippen molar-refractivity contribution < 1.29 is 4.79 Å². The predicted molar refractivity (Wildman–Crippen MR) is 61.9 cm³/mol. The summed E-state index contributed by atoms with van der Waals surface area (Å²) in [4.78, 5) is 10.7. The van der Waals surface area contributed by atoms with Crippen LogP contribution in [0, 0.1) is 0 Å². The average Bonchev–Trinajstić information content (AvgIpc) is 2.29. The molecule has 1 rings (SSSR count). The number of anilines is 1. The van der Waals surface area contributed by atoms with Gasteiger partial charge in [0.15, 0.2) is 5.69 Å². The van der Waals surface area contributed by atoms with Crippen molar-refractivity contribution in [2.24, 2.45) is 11.5 Å². The van der Waals surface area contributed by atoms with Gasteiger partial charge in [0.25, 0.3) is 5.91 Å². The van der Waals surface area contributed by atoms with E-state index in [0.29, 0.717) is 5.82 Å². The van der Waals surface area contributed by atoms with E-state index in [4.69, 9.17) is 11.5 Å². The lowest BCUT2D eigenvalue weighted by atomic mass is 10.2. The Morgan fingerprint density at radius 1 is 1.25 bits per heavy atom. The number of carbonyl (C=O) groups excluding carboxylic acids is 1. The summed E-state index contributed by atoms with van der Waals surface area (Å²) in [6.07, 6.45) is 3.17. The van der Waals surface area contributed by atoms with Gasteiger partial charge in [0, 0.05) is 6.54 Å². The Hall–Kier alpha value is -1.69. The second-order valence-electron chi connectivity index (χ2n) is 3.44. The first kappa shape index (κ1) is 12.4. The largest absolute Gasteiger partial charge is 0.369 e. The van der Waals surface area contributed by atoms with E-state index in [2.05, 4.69) is 15.5 Å². The molecule has 1 aromatic heterocycles. The van der Waals surface area contributed by atoms with Gasteiger partial charge in [0.1, 0.15) is 5.82 Å². The van der Waals surface area contributed by atoms with Gasteiger partial charge in [-0.05, 0) is 31.5 Å². The van der Waals surface area contributed by atoms with Gasteiger partial charge in [-0.15, -0.1) is 10.2 Å². The molecule has 0 unspecified atom stereocenters. The number of rotatable bonds is 7. The Labute approximate surface area is 94.4 Å². The monoisotopic (exact) mass is 223 g/mol. The summed E-state index contributed by atoms with van der Waals surface area (Å²) in [5.41, 5.74) is 10.6. The molecule has 0 saturated heterocycles. The molecule has 0 spiro atoms. The minimum atomic E-state index is -0.568. The SMILES string of the molecule is NCCCCCNc1ccc(C(N)=O)nn1. The first-order valence-electron chi connectivity index (χ1n) is 5.31. The van der Waals surface area contributed by atoms with E-state index in [1.807, 2.05) is 0 Å². The molecule has 0 atom stereocenters. The lowest BCUT2D eigenvalue weighted by Crippen LogP contribution is -2.14. The van der Waals surface area contributed by atoms with Crippen molar-refractivity contribution in [2.75, 3.05) is 18.4 Å². The van der Waals surface area contributed by atoms with Gasteiger partial charge >= 0.3 is 0 Å². The van der Waals surface area contributed by atoms with Crippen LogP contribution in [0.25, 0.3) is 0 Å². The summed E-state index contributed by atoms with van der Waals surface area (Å²) >= 11 is 0. The van der Waals surface area contributed by atoms with Crippen molar-refractivity contribution in [1.29, 1.82) is 0 Å². The third-order valence-corrected chi connectivity index (χ3v) is 2.10. The Kier molecular flexibility index (Phi) is 5.21. The summed E-state index contributed by atoms with van der Waals surface area (Å²) < 4.78 is 0. The molecule has 1 heterocycles. The smallest absolute Gasteiger partial charge is 0.269 e. The van der Waals surface area contributed by atoms with Crippen LogP contribution in [0.4, 0.5) is 5.82 Å². The highest BCUT2D eigenvalue weighted by Crippen LogP contribution is 2.02. The second kappa shape index (κ2) is 6.73. The topological polar surface area (TPSA) is 107 Å². The fraction of sp³-hybridized carbons (Fsp3) is 0.500. The summed E-state index contributed by atoms with van der Waals surface area (Å²) in [6.45, 7) is 1.55. The van der Waals surface area contributed by atoms with Gasteiger partial charge in [0.2, 0.25) is 0 Å². The van der Waals surface area contributed by atoms with E-state index in [0.717, 1.165) is 32.4 Å². The molecular weight excluding hydrogens is 206 g/mol. The number of unbranched alkanes of at least 4 members (excludes halogenated alkanes) is 2. The Bertz CT molecular complexity index is 324. The number of hydrogen-bond acceptors (Lipinski definition) is 5. The average molecular weight is 223 g/mol. The number of nitrogens with two attached hydrogens (primary N) is 2. The molecule has 5 N–H and O–H groups in total. The first-order chi connectivity index (χ1) is 7.74. The molecule has 0 fully saturated rings. The summed E-state index contributed by atoms with van der Waals surface area (Å²) in [6, 6.07) is 3.24. The van der Waals surface area contributed by atoms with Crippen LogP contribution in [-0.2, 0) is 0 Å². The fourth-order valence-electron chi connectivity index (χ4n) is 1.22. The second-order valence-corrected chi connectivity index (χ2v) is 3.44. The molecule has 1 amide bonds. The van der Waals surface area contributed by atoms with Crippen LogP contribution < -0.4 is 16.8 Å². The van der Waals surface area contributed by atoms with E-state index in [9.17, 15) is 4.79 Å². The molecule has 6 nitrogen and oxygen atoms in total. The molecule has 0 radical (unpaired) electrons. The highest BCUT2D eigenvalue weighted by Gasteiger charge is 2.02. The van der Waals surface area contributed by atoms with Crippen LogP contribution in [-0.4, -0.2) is 29.2 Å². The lowest BCUT2D eigenvalue weighted by molar-refractivity contribution is 0.0994. The third-order valence-electron chi connectivity index (χ3n) is 2.10. The normalized spacial score (nSPS) is 10.1. The molecule has 0 aliphatic carbocycles. The van der Waals surface area contributed by atoms with Crippen LogP contribution in [0.2, 0.25) is 0 Å². The summed E-state index contributed by atoms with van der Waals surface area (Å²) in [5, 5.41) is 10.6. The summed E-state index contributed by atoms with van der Waals surface area (Å²) in [7, 11) is 0.